The third kappa shape index (κ3) is 4.37. The number of nitriles is 1. The van der Waals surface area contributed by atoms with Crippen LogP contribution in [0, 0.1) is 45.8 Å². The second-order valence-corrected chi connectivity index (χ2v) is 13.6. The van der Waals surface area contributed by atoms with Gasteiger partial charge in [0.15, 0.2) is 0 Å². The van der Waals surface area contributed by atoms with Gasteiger partial charge in [-0.15, -0.1) is 0 Å². The lowest BCUT2D eigenvalue weighted by Gasteiger charge is -2.37. The normalized spacial score (nSPS) is 32.7. The highest BCUT2D eigenvalue weighted by atomic mass is 16.2. The van der Waals surface area contributed by atoms with E-state index in [1.807, 2.05) is 20.8 Å². The number of carbonyl (C=O) groups is 4. The minimum absolute atomic E-state index is 0.00468. The molecule has 3 saturated carbocycles. The highest BCUT2D eigenvalue weighted by Crippen LogP contribution is 2.65. The summed E-state index contributed by atoms with van der Waals surface area (Å²) in [5.74, 6) is -0.812. The monoisotopic (exact) mass is 497 g/mol. The maximum Gasteiger partial charge on any atom is 0.246 e. The maximum atomic E-state index is 13.8. The minimum atomic E-state index is -0.798. The van der Waals surface area contributed by atoms with Gasteiger partial charge in [-0.2, -0.15) is 5.26 Å². The van der Waals surface area contributed by atoms with Crippen molar-refractivity contribution in [1.29, 1.82) is 5.26 Å². The quantitative estimate of drug-likeness (QED) is 0.490. The summed E-state index contributed by atoms with van der Waals surface area (Å²) in [6, 6.07) is -0.0559. The van der Waals surface area contributed by atoms with E-state index >= 15 is 0 Å². The largest absolute Gasteiger partial charge is 0.350 e. The SMILES string of the molecule is CC(C)(C)[C@H](NC(=O)C1CC1)C(=O)N1C[C@H]2[C@@H]([C@H]1C(=O)N[C@H](C#N)C[C@@H]1CC3(CC3)NC1=O)C2(C)C. The van der Waals surface area contributed by atoms with E-state index in [1.165, 1.54) is 0 Å². The number of hydrogen-bond donors (Lipinski definition) is 3. The Morgan fingerprint density at radius 1 is 1.17 bits per heavy atom. The van der Waals surface area contributed by atoms with Crippen LogP contribution in [0.4, 0.5) is 0 Å². The Bertz CT molecular complexity index is 1030. The first-order valence-corrected chi connectivity index (χ1v) is 13.4. The molecule has 9 nitrogen and oxygen atoms in total. The van der Waals surface area contributed by atoms with E-state index in [-0.39, 0.29) is 64.7 Å². The van der Waals surface area contributed by atoms with E-state index in [9.17, 15) is 24.4 Å². The van der Waals surface area contributed by atoms with Gasteiger partial charge in [0, 0.05) is 23.9 Å². The molecule has 5 rings (SSSR count). The van der Waals surface area contributed by atoms with Crippen LogP contribution in [0.2, 0.25) is 0 Å². The van der Waals surface area contributed by atoms with Crippen LogP contribution in [0.1, 0.15) is 73.1 Å². The zero-order valence-corrected chi connectivity index (χ0v) is 22.0. The molecule has 0 unspecified atom stereocenters. The van der Waals surface area contributed by atoms with Gasteiger partial charge in [-0.25, -0.2) is 0 Å². The van der Waals surface area contributed by atoms with Crippen LogP contribution in [-0.2, 0) is 19.2 Å². The number of carbonyl (C=O) groups excluding carboxylic acids is 4. The molecular formula is C27H39N5O4. The Labute approximate surface area is 213 Å². The molecule has 36 heavy (non-hydrogen) atoms. The molecular weight excluding hydrogens is 458 g/mol. The van der Waals surface area contributed by atoms with Gasteiger partial charge in [-0.05, 0) is 61.2 Å². The topological polar surface area (TPSA) is 131 Å². The summed E-state index contributed by atoms with van der Waals surface area (Å²) in [5, 5.41) is 18.7. The van der Waals surface area contributed by atoms with Crippen LogP contribution >= 0.6 is 0 Å². The lowest BCUT2D eigenvalue weighted by atomic mass is 9.85. The maximum absolute atomic E-state index is 13.8. The molecule has 3 N–H and O–H groups in total. The molecule has 1 spiro atoms. The van der Waals surface area contributed by atoms with Crippen LogP contribution < -0.4 is 16.0 Å². The summed E-state index contributed by atoms with van der Waals surface area (Å²) < 4.78 is 0. The smallest absolute Gasteiger partial charge is 0.246 e. The molecule has 0 aromatic carbocycles. The molecule has 196 valence electrons. The lowest BCUT2D eigenvalue weighted by molar-refractivity contribution is -0.145. The summed E-state index contributed by atoms with van der Waals surface area (Å²) >= 11 is 0. The Morgan fingerprint density at radius 2 is 1.83 bits per heavy atom. The number of nitrogens with zero attached hydrogens (tertiary/aromatic N) is 2. The summed E-state index contributed by atoms with van der Waals surface area (Å²) in [7, 11) is 0. The minimum Gasteiger partial charge on any atom is -0.350 e. The molecule has 0 aromatic heterocycles. The van der Waals surface area contributed by atoms with E-state index in [2.05, 4.69) is 35.9 Å². The second-order valence-electron chi connectivity index (χ2n) is 13.6. The number of piperidine rings is 1. The number of amides is 4. The molecule has 2 aliphatic heterocycles. The van der Waals surface area contributed by atoms with Crippen molar-refractivity contribution < 1.29 is 19.2 Å². The number of rotatable bonds is 7. The van der Waals surface area contributed by atoms with Gasteiger partial charge in [0.1, 0.15) is 18.1 Å². The average molecular weight is 498 g/mol. The molecule has 0 bridgehead atoms. The molecule has 9 heteroatoms. The number of nitrogens with one attached hydrogen (secondary N) is 3. The van der Waals surface area contributed by atoms with Gasteiger partial charge < -0.3 is 20.9 Å². The van der Waals surface area contributed by atoms with Crippen molar-refractivity contribution in [3.8, 4) is 6.07 Å². The van der Waals surface area contributed by atoms with E-state index < -0.39 is 23.5 Å². The van der Waals surface area contributed by atoms with Gasteiger partial charge in [0.2, 0.25) is 23.6 Å². The Kier molecular flexibility index (Phi) is 5.70. The fourth-order valence-electron chi connectivity index (χ4n) is 6.57. The van der Waals surface area contributed by atoms with Crippen molar-refractivity contribution in [2.45, 2.75) is 96.8 Å². The van der Waals surface area contributed by atoms with Crippen LogP contribution in [-0.4, -0.2) is 58.7 Å². The predicted molar refractivity (Wildman–Crippen MR) is 131 cm³/mol. The van der Waals surface area contributed by atoms with Crippen molar-refractivity contribution in [3.63, 3.8) is 0 Å². The lowest BCUT2D eigenvalue weighted by Crippen LogP contribution is -2.60. The number of hydrogen-bond acceptors (Lipinski definition) is 5. The molecule has 0 radical (unpaired) electrons. The third-order valence-electron chi connectivity index (χ3n) is 9.35. The second kappa shape index (κ2) is 8.19. The molecule has 4 amide bonds. The highest BCUT2D eigenvalue weighted by molar-refractivity contribution is 5.94. The van der Waals surface area contributed by atoms with Crippen molar-refractivity contribution in [3.05, 3.63) is 0 Å². The zero-order chi connectivity index (χ0) is 26.2. The van der Waals surface area contributed by atoms with Crippen molar-refractivity contribution >= 4 is 23.6 Å². The van der Waals surface area contributed by atoms with Gasteiger partial charge in [-0.3, -0.25) is 19.2 Å². The predicted octanol–water partition coefficient (Wildman–Crippen LogP) is 1.48. The van der Waals surface area contributed by atoms with E-state index in [0.717, 1.165) is 25.7 Å². The summed E-state index contributed by atoms with van der Waals surface area (Å²) in [6.07, 6.45) is 4.62. The van der Waals surface area contributed by atoms with E-state index in [4.69, 9.17) is 0 Å². The first kappa shape index (κ1) is 25.0. The van der Waals surface area contributed by atoms with Crippen molar-refractivity contribution in [1.82, 2.24) is 20.9 Å². The molecule has 0 aromatic rings. The van der Waals surface area contributed by atoms with Gasteiger partial charge in [-0.1, -0.05) is 34.6 Å². The molecule has 5 fully saturated rings. The molecule has 5 aliphatic rings. The van der Waals surface area contributed by atoms with Gasteiger partial charge >= 0.3 is 0 Å². The summed E-state index contributed by atoms with van der Waals surface area (Å²) in [6.45, 7) is 10.4. The summed E-state index contributed by atoms with van der Waals surface area (Å²) in [4.78, 5) is 54.0. The van der Waals surface area contributed by atoms with Crippen LogP contribution in [0.3, 0.4) is 0 Å². The first-order valence-electron chi connectivity index (χ1n) is 13.4. The standard InChI is InChI=1S/C27H39N5O4/c1-25(2,3)20(30-21(33)14-6-7-14)24(36)32-13-17-18(26(17,4)5)19(32)23(35)29-16(12-28)10-15-11-27(8-9-27)31-22(15)34/h14-20H,6-11,13H2,1-5H3,(H,29,35)(H,30,33)(H,31,34)/t15-,16+,17+,18+,19+,20-/m1/s1. The molecule has 3 aliphatic carbocycles. The molecule has 6 atom stereocenters. The van der Waals surface area contributed by atoms with E-state index in [0.29, 0.717) is 13.0 Å². The molecule has 2 heterocycles. The average Bonchev–Trinajstić information content (AvgIpc) is 3.73. The molecule has 2 saturated heterocycles. The highest BCUT2D eigenvalue weighted by Gasteiger charge is 2.70. The van der Waals surface area contributed by atoms with E-state index in [1.54, 1.807) is 4.90 Å². The van der Waals surface area contributed by atoms with Crippen molar-refractivity contribution in [2.24, 2.45) is 34.5 Å². The van der Waals surface area contributed by atoms with Crippen molar-refractivity contribution in [2.75, 3.05) is 6.54 Å². The Balaban J connectivity index is 1.30. The zero-order valence-electron chi connectivity index (χ0n) is 22.0. The number of fused-ring (bicyclic) bond motifs is 1. The first-order chi connectivity index (χ1) is 16.8. The Hall–Kier alpha value is -2.63. The van der Waals surface area contributed by atoms with Crippen LogP contribution in [0.15, 0.2) is 0 Å². The van der Waals surface area contributed by atoms with Gasteiger partial charge in [0.25, 0.3) is 0 Å². The van der Waals surface area contributed by atoms with Crippen LogP contribution in [0.5, 0.6) is 0 Å². The Morgan fingerprint density at radius 3 is 2.36 bits per heavy atom. The number of likely N-dealkylation sites (tertiary alicyclic amines) is 1. The fraction of sp³-hybridized carbons (Fsp3) is 0.815. The summed E-state index contributed by atoms with van der Waals surface area (Å²) in [5.41, 5.74) is -0.674. The van der Waals surface area contributed by atoms with Crippen LogP contribution in [0.25, 0.3) is 0 Å². The fourth-order valence-corrected chi connectivity index (χ4v) is 6.57. The third-order valence-corrected chi connectivity index (χ3v) is 9.35. The van der Waals surface area contributed by atoms with Gasteiger partial charge in [0.05, 0.1) is 6.07 Å².